The quantitative estimate of drug-likeness (QED) is 0.850. The van der Waals surface area contributed by atoms with Gasteiger partial charge in [0.15, 0.2) is 5.11 Å². The minimum Gasteiger partial charge on any atom is -0.497 e. The van der Waals surface area contributed by atoms with Crippen molar-refractivity contribution in [2.45, 2.75) is 18.9 Å². The average molecular weight is 335 g/mol. The summed E-state index contributed by atoms with van der Waals surface area (Å²) in [5, 5.41) is 4.19. The molecule has 0 aromatic heterocycles. The van der Waals surface area contributed by atoms with E-state index in [9.17, 15) is 0 Å². The molecule has 1 atom stereocenters. The highest BCUT2D eigenvalue weighted by atomic mass is 32.1. The summed E-state index contributed by atoms with van der Waals surface area (Å²) in [5.41, 5.74) is 1.01. The molecule has 0 radical (unpaired) electrons. The molecule has 23 heavy (non-hydrogen) atoms. The SMILES string of the molecule is COc1ccc(NC(=S)N2CCC[C@H]2CN2CCOCC2)cc1. The third-order valence-electron chi connectivity index (χ3n) is 4.55. The van der Waals surface area contributed by atoms with Crippen LogP contribution in [0, 0.1) is 0 Å². The number of nitrogens with zero attached hydrogens (tertiary/aromatic N) is 2. The van der Waals surface area contributed by atoms with E-state index in [-0.39, 0.29) is 0 Å². The van der Waals surface area contributed by atoms with Gasteiger partial charge in [-0.3, -0.25) is 4.90 Å². The first kappa shape index (κ1) is 16.5. The molecule has 0 aliphatic carbocycles. The van der Waals surface area contributed by atoms with Crippen molar-refractivity contribution in [2.75, 3.05) is 51.8 Å². The highest BCUT2D eigenvalue weighted by Crippen LogP contribution is 2.21. The smallest absolute Gasteiger partial charge is 0.173 e. The third-order valence-corrected chi connectivity index (χ3v) is 4.89. The topological polar surface area (TPSA) is 37.0 Å². The molecule has 3 rings (SSSR count). The lowest BCUT2D eigenvalue weighted by molar-refractivity contribution is 0.0308. The molecule has 6 heteroatoms. The van der Waals surface area contributed by atoms with Crippen LogP contribution in [0.2, 0.25) is 0 Å². The minimum atomic E-state index is 0.506. The Kier molecular flexibility index (Phi) is 5.70. The predicted octanol–water partition coefficient (Wildman–Crippen LogP) is 2.19. The molecule has 0 spiro atoms. The molecule has 2 fully saturated rings. The molecule has 2 aliphatic heterocycles. The fourth-order valence-corrected chi connectivity index (χ4v) is 3.60. The molecule has 0 bridgehead atoms. The van der Waals surface area contributed by atoms with Crippen molar-refractivity contribution in [3.63, 3.8) is 0 Å². The molecule has 1 aromatic rings. The van der Waals surface area contributed by atoms with Crippen molar-refractivity contribution in [1.82, 2.24) is 9.80 Å². The van der Waals surface area contributed by atoms with Crippen molar-refractivity contribution in [1.29, 1.82) is 0 Å². The molecule has 0 amide bonds. The molecule has 0 unspecified atom stereocenters. The maximum atomic E-state index is 5.64. The Morgan fingerprint density at radius 3 is 2.70 bits per heavy atom. The fraction of sp³-hybridized carbons (Fsp3) is 0.588. The van der Waals surface area contributed by atoms with E-state index >= 15 is 0 Å². The fourth-order valence-electron chi connectivity index (χ4n) is 3.24. The van der Waals surface area contributed by atoms with Crippen LogP contribution in [0.15, 0.2) is 24.3 Å². The van der Waals surface area contributed by atoms with E-state index in [0.29, 0.717) is 6.04 Å². The van der Waals surface area contributed by atoms with E-state index < -0.39 is 0 Å². The Morgan fingerprint density at radius 1 is 1.26 bits per heavy atom. The van der Waals surface area contributed by atoms with Gasteiger partial charge in [-0.05, 0) is 49.3 Å². The normalized spacial score (nSPS) is 22.1. The van der Waals surface area contributed by atoms with Crippen LogP contribution < -0.4 is 10.1 Å². The zero-order chi connectivity index (χ0) is 16.1. The van der Waals surface area contributed by atoms with E-state index in [1.165, 1.54) is 12.8 Å². The van der Waals surface area contributed by atoms with Gasteiger partial charge in [0.2, 0.25) is 0 Å². The van der Waals surface area contributed by atoms with Crippen LogP contribution in [0.5, 0.6) is 5.75 Å². The first-order valence-electron chi connectivity index (χ1n) is 8.28. The van der Waals surface area contributed by atoms with Gasteiger partial charge in [-0.2, -0.15) is 0 Å². The number of ether oxygens (including phenoxy) is 2. The number of benzene rings is 1. The van der Waals surface area contributed by atoms with Crippen molar-refractivity contribution in [2.24, 2.45) is 0 Å². The number of methoxy groups -OCH3 is 1. The second-order valence-electron chi connectivity index (χ2n) is 6.06. The second kappa shape index (κ2) is 7.95. The number of rotatable bonds is 4. The van der Waals surface area contributed by atoms with Gasteiger partial charge in [-0.25, -0.2) is 0 Å². The van der Waals surface area contributed by atoms with E-state index in [2.05, 4.69) is 15.1 Å². The summed E-state index contributed by atoms with van der Waals surface area (Å²) < 4.78 is 10.6. The minimum absolute atomic E-state index is 0.506. The van der Waals surface area contributed by atoms with Crippen LogP contribution in [-0.4, -0.2) is 67.5 Å². The molecule has 2 aliphatic rings. The summed E-state index contributed by atoms with van der Waals surface area (Å²) in [4.78, 5) is 4.83. The lowest BCUT2D eigenvalue weighted by Gasteiger charge is -2.34. The van der Waals surface area contributed by atoms with Gasteiger partial charge >= 0.3 is 0 Å². The standard InChI is InChI=1S/C17H25N3O2S/c1-21-16-6-4-14(5-7-16)18-17(23)20-8-2-3-15(20)13-19-9-11-22-12-10-19/h4-7,15H,2-3,8-13H2,1H3,(H,18,23)/t15-/m0/s1. The van der Waals surface area contributed by atoms with Crippen molar-refractivity contribution in [3.05, 3.63) is 24.3 Å². The van der Waals surface area contributed by atoms with Crippen molar-refractivity contribution in [3.8, 4) is 5.75 Å². The Bertz CT molecular complexity index is 517. The highest BCUT2D eigenvalue weighted by Gasteiger charge is 2.28. The van der Waals surface area contributed by atoms with Gasteiger partial charge in [0.05, 0.1) is 20.3 Å². The number of anilines is 1. The predicted molar refractivity (Wildman–Crippen MR) is 96.2 cm³/mol. The van der Waals surface area contributed by atoms with Crippen LogP contribution in [0.4, 0.5) is 5.69 Å². The van der Waals surface area contributed by atoms with Crippen molar-refractivity contribution < 1.29 is 9.47 Å². The van der Waals surface area contributed by atoms with Gasteiger partial charge in [0.25, 0.3) is 0 Å². The molecule has 1 N–H and O–H groups in total. The van der Waals surface area contributed by atoms with Crippen LogP contribution in [0.1, 0.15) is 12.8 Å². The lowest BCUT2D eigenvalue weighted by atomic mass is 10.2. The van der Waals surface area contributed by atoms with Gasteiger partial charge in [-0.1, -0.05) is 0 Å². The average Bonchev–Trinajstić information content (AvgIpc) is 3.05. The Morgan fingerprint density at radius 2 is 2.00 bits per heavy atom. The maximum absolute atomic E-state index is 5.64. The number of hydrogen-bond acceptors (Lipinski definition) is 4. The van der Waals surface area contributed by atoms with E-state index in [1.54, 1.807) is 7.11 Å². The third kappa shape index (κ3) is 4.34. The van der Waals surface area contributed by atoms with Crippen LogP contribution in [0.25, 0.3) is 0 Å². The Labute approximate surface area is 143 Å². The molecule has 126 valence electrons. The zero-order valence-corrected chi connectivity index (χ0v) is 14.5. The lowest BCUT2D eigenvalue weighted by Crippen LogP contribution is -2.47. The van der Waals surface area contributed by atoms with Crippen LogP contribution in [0.3, 0.4) is 0 Å². The Balaban J connectivity index is 1.56. The van der Waals surface area contributed by atoms with Gasteiger partial charge in [0.1, 0.15) is 5.75 Å². The number of morpholine rings is 1. The summed E-state index contributed by atoms with van der Waals surface area (Å²) in [6, 6.07) is 8.39. The monoisotopic (exact) mass is 335 g/mol. The van der Waals surface area contributed by atoms with Crippen LogP contribution in [-0.2, 0) is 4.74 Å². The van der Waals surface area contributed by atoms with Crippen LogP contribution >= 0.6 is 12.2 Å². The van der Waals surface area contributed by atoms with Gasteiger partial charge in [0, 0.05) is 37.9 Å². The molecule has 1 aromatic carbocycles. The highest BCUT2D eigenvalue weighted by molar-refractivity contribution is 7.80. The van der Waals surface area contributed by atoms with Crippen molar-refractivity contribution >= 4 is 23.0 Å². The molecular weight excluding hydrogens is 310 g/mol. The number of hydrogen-bond donors (Lipinski definition) is 1. The van der Waals surface area contributed by atoms with Gasteiger partial charge < -0.3 is 19.7 Å². The molecule has 2 heterocycles. The molecule has 0 saturated carbocycles. The molecule has 2 saturated heterocycles. The Hall–Kier alpha value is -1.37. The molecular formula is C17H25N3O2S. The maximum Gasteiger partial charge on any atom is 0.173 e. The second-order valence-corrected chi connectivity index (χ2v) is 6.45. The van der Waals surface area contributed by atoms with E-state index in [0.717, 1.165) is 55.9 Å². The summed E-state index contributed by atoms with van der Waals surface area (Å²) in [7, 11) is 1.67. The summed E-state index contributed by atoms with van der Waals surface area (Å²) >= 11 is 5.64. The first-order chi connectivity index (χ1) is 11.3. The number of thiocarbonyl (C=S) groups is 1. The van der Waals surface area contributed by atoms with E-state index in [1.807, 2.05) is 24.3 Å². The number of nitrogens with one attached hydrogen (secondary N) is 1. The molecule has 5 nitrogen and oxygen atoms in total. The summed E-state index contributed by atoms with van der Waals surface area (Å²) in [5.74, 6) is 0.854. The number of likely N-dealkylation sites (tertiary alicyclic amines) is 1. The zero-order valence-electron chi connectivity index (χ0n) is 13.7. The van der Waals surface area contributed by atoms with Gasteiger partial charge in [-0.15, -0.1) is 0 Å². The van der Waals surface area contributed by atoms with E-state index in [4.69, 9.17) is 21.7 Å². The largest absolute Gasteiger partial charge is 0.497 e. The summed E-state index contributed by atoms with van der Waals surface area (Å²) in [6.45, 7) is 5.87. The summed E-state index contributed by atoms with van der Waals surface area (Å²) in [6.07, 6.45) is 2.42. The first-order valence-corrected chi connectivity index (χ1v) is 8.69.